The smallest absolute Gasteiger partial charge is 0.393 e. The Kier molecular flexibility index (Phi) is 7.66. The summed E-state index contributed by atoms with van der Waals surface area (Å²) in [6.45, 7) is 2.20. The van der Waals surface area contributed by atoms with Gasteiger partial charge in [-0.1, -0.05) is 48.9 Å². The second kappa shape index (κ2) is 10.3. The molecule has 3 aromatic rings. The van der Waals surface area contributed by atoms with Crippen molar-refractivity contribution in [2.75, 3.05) is 13.1 Å². The fraction of sp³-hybridized carbons (Fsp3) is 0.417. The van der Waals surface area contributed by atoms with Crippen LogP contribution < -0.4 is 5.73 Å². The average Bonchev–Trinajstić information content (AvgIpc) is 3.17. The minimum absolute atomic E-state index is 0.0127. The highest BCUT2D eigenvalue weighted by atomic mass is 35.5. The van der Waals surface area contributed by atoms with E-state index >= 15 is 0 Å². The molecule has 1 saturated heterocycles. The number of piperidine rings is 1. The lowest BCUT2D eigenvalue weighted by molar-refractivity contribution is -0.0497. The van der Waals surface area contributed by atoms with Crippen molar-refractivity contribution in [3.63, 3.8) is 0 Å². The fourth-order valence-electron chi connectivity index (χ4n) is 4.76. The number of hydrogen-bond acceptors (Lipinski definition) is 4. The molecule has 2 N–H and O–H groups in total. The van der Waals surface area contributed by atoms with Gasteiger partial charge in [-0.15, -0.1) is 0 Å². The predicted molar refractivity (Wildman–Crippen MR) is 138 cm³/mol. The summed E-state index contributed by atoms with van der Waals surface area (Å²) in [5.74, 6) is 0.537. The van der Waals surface area contributed by atoms with Crippen molar-refractivity contribution in [2.45, 2.75) is 44.2 Å². The summed E-state index contributed by atoms with van der Waals surface area (Å²) in [4.78, 5) is 5.06. The number of aromatic nitrogens is 2. The average molecular weight is 559 g/mol. The second-order valence-corrected chi connectivity index (χ2v) is 11.8. The number of hydrogen-bond donors (Lipinski definition) is 1. The molecule has 0 saturated carbocycles. The summed E-state index contributed by atoms with van der Waals surface area (Å²) in [7, 11) is -5.30. The largest absolute Gasteiger partial charge is 0.511 e. The van der Waals surface area contributed by atoms with Gasteiger partial charge in [0, 0.05) is 31.1 Å². The Morgan fingerprint density at radius 1 is 1.17 bits per heavy atom. The highest BCUT2D eigenvalue weighted by Gasteiger charge is 2.50. The summed E-state index contributed by atoms with van der Waals surface area (Å²) >= 11 is 11.4. The van der Waals surface area contributed by atoms with Crippen molar-refractivity contribution in [1.29, 1.82) is 0 Å². The van der Waals surface area contributed by atoms with Crippen LogP contribution in [0.2, 0.25) is 5.02 Å². The molecule has 0 aliphatic carbocycles. The van der Waals surface area contributed by atoms with Gasteiger partial charge in [-0.05, 0) is 54.2 Å². The summed E-state index contributed by atoms with van der Waals surface area (Å²) in [5, 5.41) is 0.607. The maximum atomic E-state index is 12.9. The van der Waals surface area contributed by atoms with Gasteiger partial charge in [0.1, 0.15) is 5.82 Å². The number of nitrogens with zero attached hydrogens (tertiary/aromatic N) is 3. The maximum absolute atomic E-state index is 12.9. The van der Waals surface area contributed by atoms with E-state index in [1.54, 1.807) is 12.1 Å². The second-order valence-electron chi connectivity index (χ2n) is 8.92. The third kappa shape index (κ3) is 5.25. The molecule has 2 heterocycles. The quantitative estimate of drug-likeness (QED) is 0.402. The van der Waals surface area contributed by atoms with E-state index in [0.717, 1.165) is 28.0 Å². The van der Waals surface area contributed by atoms with Crippen LogP contribution >= 0.6 is 23.8 Å². The molecule has 1 unspecified atom stereocenters. The molecule has 0 bridgehead atoms. The lowest BCUT2D eigenvalue weighted by Gasteiger charge is -2.32. The SMILES string of the molecule is CCc1nc2ccc(C(C(N)=S)c3ccc(Cl)cc3)cc2n1CC1CCN(S(=O)(=O)C(F)(F)F)CC1. The molecule has 0 radical (unpaired) electrons. The number of fused-ring (bicyclic) bond motifs is 1. The van der Waals surface area contributed by atoms with Crippen molar-refractivity contribution in [1.82, 2.24) is 13.9 Å². The molecule has 1 fully saturated rings. The zero-order valence-corrected chi connectivity index (χ0v) is 21.9. The third-order valence-electron chi connectivity index (χ3n) is 6.64. The standard InChI is InChI=1S/C24H26ClF3N4O2S2/c1-2-21-30-19-8-5-17(22(23(29)35)16-3-6-18(25)7-4-16)13-20(19)32(21)14-15-9-11-31(12-10-15)36(33,34)24(26,27)28/h3-8,13,15,22H,2,9-12,14H2,1H3,(H2,29,35). The predicted octanol–water partition coefficient (Wildman–Crippen LogP) is 5.23. The Hall–Kier alpha value is -2.21. The van der Waals surface area contributed by atoms with Gasteiger partial charge in [-0.2, -0.15) is 17.5 Å². The van der Waals surface area contributed by atoms with E-state index < -0.39 is 15.5 Å². The van der Waals surface area contributed by atoms with Crippen molar-refractivity contribution in [3.8, 4) is 0 Å². The highest BCUT2D eigenvalue weighted by Crippen LogP contribution is 2.33. The molecule has 4 rings (SSSR count). The van der Waals surface area contributed by atoms with Crippen LogP contribution in [0.5, 0.6) is 0 Å². The molecule has 2 aromatic carbocycles. The number of sulfonamides is 1. The number of alkyl halides is 3. The minimum Gasteiger partial charge on any atom is -0.393 e. The number of imidazole rings is 1. The van der Waals surface area contributed by atoms with E-state index in [-0.39, 0.29) is 24.9 Å². The van der Waals surface area contributed by atoms with Crippen molar-refractivity contribution in [3.05, 3.63) is 64.4 Å². The Morgan fingerprint density at radius 3 is 2.33 bits per heavy atom. The number of rotatable bonds is 7. The molecule has 36 heavy (non-hydrogen) atoms. The third-order valence-corrected chi connectivity index (χ3v) is 8.75. The van der Waals surface area contributed by atoms with Crippen LogP contribution in [-0.2, 0) is 23.0 Å². The van der Waals surface area contributed by atoms with E-state index in [1.807, 2.05) is 37.3 Å². The van der Waals surface area contributed by atoms with Crippen LogP contribution in [0.25, 0.3) is 11.0 Å². The van der Waals surface area contributed by atoms with E-state index in [2.05, 4.69) is 4.57 Å². The number of nitrogens with two attached hydrogens (primary N) is 1. The molecular weight excluding hydrogens is 533 g/mol. The van der Waals surface area contributed by atoms with Gasteiger partial charge >= 0.3 is 15.5 Å². The van der Waals surface area contributed by atoms with Gasteiger partial charge in [0.05, 0.1) is 21.9 Å². The van der Waals surface area contributed by atoms with Crippen LogP contribution in [0.15, 0.2) is 42.5 Å². The van der Waals surface area contributed by atoms with E-state index in [0.29, 0.717) is 40.1 Å². The zero-order chi connectivity index (χ0) is 26.3. The van der Waals surface area contributed by atoms with Crippen molar-refractivity contribution < 1.29 is 21.6 Å². The molecule has 12 heteroatoms. The van der Waals surface area contributed by atoms with Gasteiger partial charge in [0.2, 0.25) is 0 Å². The minimum atomic E-state index is -5.30. The lowest BCUT2D eigenvalue weighted by atomic mass is 9.91. The summed E-state index contributed by atoms with van der Waals surface area (Å²) in [6, 6.07) is 13.2. The number of aryl methyl sites for hydroxylation is 1. The molecule has 194 valence electrons. The van der Waals surface area contributed by atoms with Crippen LogP contribution in [-0.4, -0.2) is 45.9 Å². The lowest BCUT2D eigenvalue weighted by Crippen LogP contribution is -2.45. The van der Waals surface area contributed by atoms with Crippen LogP contribution in [0.3, 0.4) is 0 Å². The Morgan fingerprint density at radius 2 is 1.78 bits per heavy atom. The first-order valence-electron chi connectivity index (χ1n) is 11.5. The van der Waals surface area contributed by atoms with Crippen molar-refractivity contribution >= 4 is 49.9 Å². The first kappa shape index (κ1) is 26.8. The zero-order valence-electron chi connectivity index (χ0n) is 19.5. The van der Waals surface area contributed by atoms with Gasteiger partial charge < -0.3 is 10.3 Å². The highest BCUT2D eigenvalue weighted by molar-refractivity contribution is 7.90. The molecule has 1 aliphatic rings. The molecule has 0 spiro atoms. The van der Waals surface area contributed by atoms with Crippen molar-refractivity contribution in [2.24, 2.45) is 11.7 Å². The van der Waals surface area contributed by atoms with Gasteiger partial charge in [0.15, 0.2) is 0 Å². The van der Waals surface area contributed by atoms with Crippen LogP contribution in [0.1, 0.15) is 42.6 Å². The molecule has 1 aliphatic heterocycles. The van der Waals surface area contributed by atoms with E-state index in [9.17, 15) is 21.6 Å². The van der Waals surface area contributed by atoms with Gasteiger partial charge in [0.25, 0.3) is 0 Å². The molecule has 1 atom stereocenters. The van der Waals surface area contributed by atoms with E-state index in [1.165, 1.54) is 0 Å². The topological polar surface area (TPSA) is 81.2 Å². The first-order chi connectivity index (χ1) is 16.9. The maximum Gasteiger partial charge on any atom is 0.511 e. The fourth-order valence-corrected chi connectivity index (χ4v) is 6.14. The normalized spacial score (nSPS) is 16.9. The summed E-state index contributed by atoms with van der Waals surface area (Å²) in [6.07, 6.45) is 1.33. The molecular formula is C24H26ClF3N4O2S2. The number of benzene rings is 2. The first-order valence-corrected chi connectivity index (χ1v) is 13.7. The Labute approximate surface area is 218 Å². The van der Waals surface area contributed by atoms with E-state index in [4.69, 9.17) is 34.5 Å². The van der Waals surface area contributed by atoms with Gasteiger partial charge in [-0.3, -0.25) is 0 Å². The van der Waals surface area contributed by atoms with Gasteiger partial charge in [-0.25, -0.2) is 13.4 Å². The molecule has 6 nitrogen and oxygen atoms in total. The summed E-state index contributed by atoms with van der Waals surface area (Å²) in [5.41, 5.74) is 4.32. The van der Waals surface area contributed by atoms with Crippen LogP contribution in [0, 0.1) is 5.92 Å². The Balaban J connectivity index is 1.62. The molecule has 0 amide bonds. The van der Waals surface area contributed by atoms with Crippen LogP contribution in [0.4, 0.5) is 13.2 Å². The monoisotopic (exact) mass is 558 g/mol. The number of thiocarbonyl (C=S) groups is 1. The number of halogens is 4. The Bertz CT molecular complexity index is 1370. The summed E-state index contributed by atoms with van der Waals surface area (Å²) < 4.78 is 64.9. The molecule has 1 aromatic heterocycles.